The van der Waals surface area contributed by atoms with Gasteiger partial charge in [-0.1, -0.05) is 60.7 Å². The minimum absolute atomic E-state index is 0.0903. The normalized spacial score (nSPS) is 11.5. The Morgan fingerprint density at radius 3 is 1.50 bits per heavy atom. The Kier molecular flexibility index (Phi) is 8.48. The minimum atomic E-state index is -0.0903. The van der Waals surface area contributed by atoms with Gasteiger partial charge in [0.15, 0.2) is 0 Å². The molecule has 44 heavy (non-hydrogen) atoms. The third-order valence-electron chi connectivity index (χ3n) is 8.25. The first-order chi connectivity index (χ1) is 21.4. The van der Waals surface area contributed by atoms with E-state index in [0.29, 0.717) is 24.2 Å². The predicted molar refractivity (Wildman–Crippen MR) is 179 cm³/mol. The molecule has 7 nitrogen and oxygen atoms in total. The van der Waals surface area contributed by atoms with Crippen molar-refractivity contribution in [3.05, 3.63) is 107 Å². The summed E-state index contributed by atoms with van der Waals surface area (Å²) in [4.78, 5) is 38.3. The highest BCUT2D eigenvalue weighted by Gasteiger charge is 2.17. The molecule has 222 valence electrons. The average Bonchev–Trinajstić information content (AvgIpc) is 3.03. The lowest BCUT2D eigenvalue weighted by Gasteiger charge is -2.17. The number of rotatable bonds is 10. The Morgan fingerprint density at radius 2 is 1.05 bits per heavy atom. The Morgan fingerprint density at radius 1 is 0.614 bits per heavy atom. The smallest absolute Gasteiger partial charge is 0.253 e. The van der Waals surface area contributed by atoms with E-state index in [0.717, 1.165) is 80.7 Å². The van der Waals surface area contributed by atoms with Crippen molar-refractivity contribution in [2.75, 3.05) is 33.2 Å². The highest BCUT2D eigenvalue weighted by atomic mass is 16.2. The first-order valence-corrected chi connectivity index (χ1v) is 15.2. The number of aromatic nitrogens is 2. The number of nitrogens with one attached hydrogen (secondary N) is 2. The molecule has 0 fully saturated rings. The third-order valence-corrected chi connectivity index (χ3v) is 8.25. The Hall–Kier alpha value is -4.88. The second-order valence-corrected chi connectivity index (χ2v) is 11.5. The summed E-state index contributed by atoms with van der Waals surface area (Å²) in [5.41, 5.74) is 6.36. The number of pyridine rings is 2. The lowest BCUT2D eigenvalue weighted by Crippen LogP contribution is -2.31. The van der Waals surface area contributed by atoms with Crippen LogP contribution < -0.4 is 10.6 Å². The molecule has 7 heteroatoms. The van der Waals surface area contributed by atoms with Gasteiger partial charge < -0.3 is 15.5 Å². The van der Waals surface area contributed by atoms with Crippen LogP contribution in [0, 0.1) is 13.8 Å². The zero-order valence-corrected chi connectivity index (χ0v) is 25.5. The SMILES string of the molecule is Cc1ccc2cc3ccccc3nc2c1C(=O)NCCCN(C)CCCNC(=O)c1c(C)ccc2cc3ccccc3nc12. The van der Waals surface area contributed by atoms with Crippen LogP contribution in [-0.2, 0) is 0 Å². The van der Waals surface area contributed by atoms with Crippen LogP contribution in [0.2, 0.25) is 0 Å². The maximum atomic E-state index is 13.2. The first kappa shape index (κ1) is 29.2. The molecule has 2 aromatic heterocycles. The van der Waals surface area contributed by atoms with Crippen LogP contribution in [0.4, 0.5) is 0 Å². The second kappa shape index (κ2) is 12.8. The van der Waals surface area contributed by atoms with Crippen molar-refractivity contribution in [2.45, 2.75) is 26.7 Å². The molecule has 4 aromatic carbocycles. The number of benzene rings is 4. The molecule has 0 saturated heterocycles. The molecule has 2 amide bonds. The predicted octanol–water partition coefficient (Wildman–Crippen LogP) is 6.58. The van der Waals surface area contributed by atoms with Crippen LogP contribution in [0.1, 0.15) is 44.7 Å². The zero-order chi connectivity index (χ0) is 30.6. The summed E-state index contributed by atoms with van der Waals surface area (Å²) >= 11 is 0. The Bertz CT molecular complexity index is 1870. The molecule has 0 bridgehead atoms. The standard InChI is InChI=1S/C37H37N5O2/c1-24-14-16-28-22-26-10-4-6-12-30(26)40-34(28)32(24)36(43)38-18-8-20-42(3)21-9-19-39-37(44)33-25(2)15-17-29-23-27-11-5-7-13-31(27)41-35(29)33/h4-7,10-17,22-23H,8-9,18-21H2,1-3H3,(H,38,43)(H,39,44). The summed E-state index contributed by atoms with van der Waals surface area (Å²) in [5, 5.41) is 10.2. The number of carbonyl (C=O) groups is 2. The molecule has 6 rings (SSSR count). The molecule has 0 saturated carbocycles. The van der Waals surface area contributed by atoms with Crippen molar-refractivity contribution in [1.82, 2.24) is 25.5 Å². The third kappa shape index (κ3) is 6.10. The fraction of sp³-hybridized carbons (Fsp3) is 0.243. The first-order valence-electron chi connectivity index (χ1n) is 15.2. The maximum absolute atomic E-state index is 13.2. The molecular formula is C37H37N5O2. The van der Waals surface area contributed by atoms with E-state index in [1.165, 1.54) is 0 Å². The number of hydrogen-bond acceptors (Lipinski definition) is 5. The van der Waals surface area contributed by atoms with Crippen LogP contribution in [0.3, 0.4) is 0 Å². The number of fused-ring (bicyclic) bond motifs is 4. The van der Waals surface area contributed by atoms with E-state index in [9.17, 15) is 9.59 Å². The summed E-state index contributed by atoms with van der Waals surface area (Å²) in [6.07, 6.45) is 1.65. The van der Waals surface area contributed by atoms with Crippen molar-refractivity contribution in [1.29, 1.82) is 0 Å². The van der Waals surface area contributed by atoms with E-state index in [1.54, 1.807) is 0 Å². The van der Waals surface area contributed by atoms with Gasteiger partial charge in [0.05, 0.1) is 33.2 Å². The van der Waals surface area contributed by atoms with Gasteiger partial charge in [0.1, 0.15) is 0 Å². The summed E-state index contributed by atoms with van der Waals surface area (Å²) in [7, 11) is 2.07. The van der Waals surface area contributed by atoms with Crippen molar-refractivity contribution in [2.24, 2.45) is 0 Å². The van der Waals surface area contributed by atoms with Crippen molar-refractivity contribution in [3.8, 4) is 0 Å². The average molecular weight is 584 g/mol. The number of nitrogens with zero attached hydrogens (tertiary/aromatic N) is 3. The summed E-state index contributed by atoms with van der Waals surface area (Å²) in [6.45, 7) is 6.74. The van der Waals surface area contributed by atoms with Crippen LogP contribution in [0.25, 0.3) is 43.6 Å². The zero-order valence-electron chi connectivity index (χ0n) is 25.5. The molecule has 2 N–H and O–H groups in total. The molecular weight excluding hydrogens is 546 g/mol. The van der Waals surface area contributed by atoms with Crippen LogP contribution in [0.15, 0.2) is 84.9 Å². The molecule has 0 spiro atoms. The van der Waals surface area contributed by atoms with Gasteiger partial charge in [-0.15, -0.1) is 0 Å². The number of amides is 2. The van der Waals surface area contributed by atoms with E-state index in [4.69, 9.17) is 9.97 Å². The van der Waals surface area contributed by atoms with E-state index in [-0.39, 0.29) is 11.8 Å². The minimum Gasteiger partial charge on any atom is -0.352 e. The Labute approximate surface area is 257 Å². The molecule has 0 atom stereocenters. The van der Waals surface area contributed by atoms with Crippen LogP contribution in [0.5, 0.6) is 0 Å². The lowest BCUT2D eigenvalue weighted by molar-refractivity contribution is 0.0946. The molecule has 0 aliphatic carbocycles. The molecule has 0 radical (unpaired) electrons. The van der Waals surface area contributed by atoms with E-state index < -0.39 is 0 Å². The largest absolute Gasteiger partial charge is 0.352 e. The van der Waals surface area contributed by atoms with Crippen molar-refractivity contribution in [3.63, 3.8) is 0 Å². The van der Waals surface area contributed by atoms with Gasteiger partial charge in [0, 0.05) is 34.6 Å². The molecule has 0 aliphatic heterocycles. The summed E-state index contributed by atoms with van der Waals surface area (Å²) in [6, 6.07) is 28.2. The highest BCUT2D eigenvalue weighted by molar-refractivity contribution is 6.10. The number of carbonyl (C=O) groups excluding carboxylic acids is 2. The van der Waals surface area contributed by atoms with Crippen LogP contribution >= 0.6 is 0 Å². The van der Waals surface area contributed by atoms with Gasteiger partial charge >= 0.3 is 0 Å². The molecule has 0 unspecified atom stereocenters. The monoisotopic (exact) mass is 583 g/mol. The summed E-state index contributed by atoms with van der Waals surface area (Å²) < 4.78 is 0. The fourth-order valence-electron chi connectivity index (χ4n) is 5.85. The van der Waals surface area contributed by atoms with Gasteiger partial charge in [0.2, 0.25) is 0 Å². The van der Waals surface area contributed by atoms with E-state index in [1.807, 2.05) is 86.6 Å². The quantitative estimate of drug-likeness (QED) is 0.141. The van der Waals surface area contributed by atoms with Crippen molar-refractivity contribution < 1.29 is 9.59 Å². The topological polar surface area (TPSA) is 87.2 Å². The molecule has 2 heterocycles. The van der Waals surface area contributed by atoms with Crippen molar-refractivity contribution >= 4 is 55.4 Å². The second-order valence-electron chi connectivity index (χ2n) is 11.5. The number of aryl methyl sites for hydroxylation is 2. The van der Waals surface area contributed by atoms with E-state index in [2.05, 4.69) is 34.7 Å². The van der Waals surface area contributed by atoms with Gasteiger partial charge in [-0.2, -0.15) is 0 Å². The summed E-state index contributed by atoms with van der Waals surface area (Å²) in [5.74, 6) is -0.181. The highest BCUT2D eigenvalue weighted by Crippen LogP contribution is 2.26. The molecule has 0 aliphatic rings. The fourth-order valence-corrected chi connectivity index (χ4v) is 5.85. The van der Waals surface area contributed by atoms with Gasteiger partial charge in [-0.05, 0) is 82.2 Å². The van der Waals surface area contributed by atoms with Gasteiger partial charge in [0.25, 0.3) is 11.8 Å². The maximum Gasteiger partial charge on any atom is 0.253 e. The number of para-hydroxylation sites is 2. The van der Waals surface area contributed by atoms with Gasteiger partial charge in [-0.3, -0.25) is 9.59 Å². The molecule has 6 aromatic rings. The van der Waals surface area contributed by atoms with E-state index >= 15 is 0 Å². The Balaban J connectivity index is 0.984. The van der Waals surface area contributed by atoms with Crippen LogP contribution in [-0.4, -0.2) is 59.9 Å². The lowest BCUT2D eigenvalue weighted by atomic mass is 10.0. The van der Waals surface area contributed by atoms with Gasteiger partial charge in [-0.25, -0.2) is 9.97 Å². The number of hydrogen-bond donors (Lipinski definition) is 2.